The molecule has 5 nitrogen and oxygen atoms in total. The van der Waals surface area contributed by atoms with E-state index in [9.17, 15) is 0 Å². The van der Waals surface area contributed by atoms with Crippen molar-refractivity contribution < 1.29 is 4.74 Å². The Bertz CT molecular complexity index is 885. The van der Waals surface area contributed by atoms with Crippen LogP contribution in [0.1, 0.15) is 37.7 Å². The molecule has 0 aromatic carbocycles. The zero-order chi connectivity index (χ0) is 16.0. The predicted molar refractivity (Wildman–Crippen MR) is 90.2 cm³/mol. The smallest absolute Gasteiger partial charge is 0.215 e. The van der Waals surface area contributed by atoms with Gasteiger partial charge in [0.25, 0.3) is 0 Å². The summed E-state index contributed by atoms with van der Waals surface area (Å²) < 4.78 is 7.85. The third-order valence-corrected chi connectivity index (χ3v) is 4.48. The molecule has 0 atom stereocenters. The van der Waals surface area contributed by atoms with E-state index in [1.165, 1.54) is 12.8 Å². The summed E-state index contributed by atoms with van der Waals surface area (Å²) in [5, 5.41) is 0.471. The Labute approximate surface area is 139 Å². The van der Waals surface area contributed by atoms with Crippen molar-refractivity contribution >= 4 is 28.3 Å². The number of fused-ring (bicyclic) bond motifs is 3. The maximum absolute atomic E-state index is 6.37. The van der Waals surface area contributed by atoms with Gasteiger partial charge in [-0.3, -0.25) is 4.40 Å². The highest BCUT2D eigenvalue weighted by molar-refractivity contribution is 6.33. The second-order valence-corrected chi connectivity index (χ2v) is 6.55. The van der Waals surface area contributed by atoms with Crippen molar-refractivity contribution in [1.82, 2.24) is 19.4 Å². The predicted octanol–water partition coefficient (Wildman–Crippen LogP) is 3.98. The Morgan fingerprint density at radius 3 is 2.83 bits per heavy atom. The topological polar surface area (TPSA) is 52.3 Å². The normalized spacial score (nSPS) is 14.7. The average molecular weight is 331 g/mol. The van der Waals surface area contributed by atoms with Crippen LogP contribution in [0.4, 0.5) is 0 Å². The molecule has 1 saturated carbocycles. The average Bonchev–Trinajstić information content (AvgIpc) is 3.30. The monoisotopic (exact) mass is 330 g/mol. The molecule has 3 aromatic heterocycles. The van der Waals surface area contributed by atoms with Crippen molar-refractivity contribution in [1.29, 1.82) is 0 Å². The van der Waals surface area contributed by atoms with E-state index in [0.717, 1.165) is 47.6 Å². The SMILES string of the molecule is CCCc1nc(C)c2c(Cl)nc3ccc(OCC4CC4)nc3n12. The van der Waals surface area contributed by atoms with Crippen LogP contribution < -0.4 is 4.74 Å². The van der Waals surface area contributed by atoms with Gasteiger partial charge in [-0.2, -0.15) is 4.98 Å². The second-order valence-electron chi connectivity index (χ2n) is 6.20. The van der Waals surface area contributed by atoms with Gasteiger partial charge in [0.15, 0.2) is 10.8 Å². The maximum Gasteiger partial charge on any atom is 0.215 e. The molecule has 3 aromatic rings. The molecule has 0 aliphatic heterocycles. The van der Waals surface area contributed by atoms with Crippen molar-refractivity contribution in [2.75, 3.05) is 6.61 Å². The fourth-order valence-electron chi connectivity index (χ4n) is 2.85. The highest BCUT2D eigenvalue weighted by Crippen LogP contribution is 2.30. The number of aryl methyl sites for hydroxylation is 2. The fraction of sp³-hybridized carbons (Fsp3) is 0.471. The lowest BCUT2D eigenvalue weighted by atomic mass is 10.3. The van der Waals surface area contributed by atoms with Crippen molar-refractivity contribution in [3.05, 3.63) is 28.8 Å². The molecule has 1 aliphatic rings. The van der Waals surface area contributed by atoms with E-state index >= 15 is 0 Å². The number of hydrogen-bond donors (Lipinski definition) is 0. The van der Waals surface area contributed by atoms with Gasteiger partial charge in [0.2, 0.25) is 5.88 Å². The number of aromatic nitrogens is 4. The third-order valence-electron chi connectivity index (χ3n) is 4.21. The molecule has 3 heterocycles. The lowest BCUT2D eigenvalue weighted by Crippen LogP contribution is -2.04. The summed E-state index contributed by atoms with van der Waals surface area (Å²) in [5.74, 6) is 2.31. The van der Waals surface area contributed by atoms with E-state index in [-0.39, 0.29) is 0 Å². The number of imidazole rings is 1. The number of rotatable bonds is 5. The molecule has 0 unspecified atom stereocenters. The van der Waals surface area contributed by atoms with Crippen LogP contribution in [0.2, 0.25) is 5.15 Å². The molecule has 23 heavy (non-hydrogen) atoms. The first-order chi connectivity index (χ1) is 11.2. The first-order valence-corrected chi connectivity index (χ1v) is 8.52. The van der Waals surface area contributed by atoms with E-state index in [1.54, 1.807) is 0 Å². The van der Waals surface area contributed by atoms with Crippen LogP contribution in [0.5, 0.6) is 5.88 Å². The highest BCUT2D eigenvalue weighted by Gasteiger charge is 2.22. The first kappa shape index (κ1) is 14.7. The van der Waals surface area contributed by atoms with Crippen LogP contribution >= 0.6 is 11.6 Å². The van der Waals surface area contributed by atoms with Gasteiger partial charge in [0.1, 0.15) is 16.9 Å². The molecular weight excluding hydrogens is 312 g/mol. The summed E-state index contributed by atoms with van der Waals surface area (Å²) >= 11 is 6.37. The number of pyridine rings is 1. The summed E-state index contributed by atoms with van der Waals surface area (Å²) in [4.78, 5) is 13.8. The lowest BCUT2D eigenvalue weighted by Gasteiger charge is -2.09. The van der Waals surface area contributed by atoms with Gasteiger partial charge in [-0.1, -0.05) is 18.5 Å². The zero-order valence-corrected chi connectivity index (χ0v) is 14.1. The van der Waals surface area contributed by atoms with E-state index in [2.05, 4.69) is 21.9 Å². The summed E-state index contributed by atoms with van der Waals surface area (Å²) in [5.41, 5.74) is 3.26. The van der Waals surface area contributed by atoms with Gasteiger partial charge < -0.3 is 4.74 Å². The number of hydrogen-bond acceptors (Lipinski definition) is 4. The van der Waals surface area contributed by atoms with Crippen molar-refractivity contribution in [3.63, 3.8) is 0 Å². The minimum atomic E-state index is 0.471. The Morgan fingerprint density at radius 2 is 2.09 bits per heavy atom. The van der Waals surface area contributed by atoms with Crippen molar-refractivity contribution in [2.24, 2.45) is 5.92 Å². The molecule has 6 heteroatoms. The largest absolute Gasteiger partial charge is 0.477 e. The van der Waals surface area contributed by atoms with Crippen LogP contribution in [-0.2, 0) is 6.42 Å². The quantitative estimate of drug-likeness (QED) is 0.710. The Balaban J connectivity index is 1.90. The van der Waals surface area contributed by atoms with Crippen LogP contribution in [0.3, 0.4) is 0 Å². The standard InChI is InChI=1S/C17H19ClN4O/c1-3-4-13-19-10(2)15-16(18)20-12-7-8-14(21-17(12)22(13)15)23-9-11-5-6-11/h7-8,11H,3-6,9H2,1-2H3. The molecule has 0 saturated heterocycles. The minimum absolute atomic E-state index is 0.471. The summed E-state index contributed by atoms with van der Waals surface area (Å²) in [6.45, 7) is 4.84. The fourth-order valence-corrected chi connectivity index (χ4v) is 3.16. The lowest BCUT2D eigenvalue weighted by molar-refractivity contribution is 0.289. The van der Waals surface area contributed by atoms with E-state index in [0.29, 0.717) is 17.0 Å². The van der Waals surface area contributed by atoms with Crippen molar-refractivity contribution in [2.45, 2.75) is 39.5 Å². The molecule has 0 N–H and O–H groups in total. The Hall–Kier alpha value is -1.88. The van der Waals surface area contributed by atoms with Gasteiger partial charge in [-0.25, -0.2) is 9.97 Å². The van der Waals surface area contributed by atoms with E-state index in [1.807, 2.05) is 23.5 Å². The molecule has 4 rings (SSSR count). The third kappa shape index (κ3) is 2.63. The van der Waals surface area contributed by atoms with E-state index < -0.39 is 0 Å². The molecule has 1 aliphatic carbocycles. The number of nitrogens with zero attached hydrogens (tertiary/aromatic N) is 4. The molecular formula is C17H19ClN4O. The second kappa shape index (κ2) is 5.64. The summed E-state index contributed by atoms with van der Waals surface area (Å²) in [7, 11) is 0. The maximum atomic E-state index is 6.37. The van der Waals surface area contributed by atoms with Crippen LogP contribution in [0.15, 0.2) is 12.1 Å². The summed E-state index contributed by atoms with van der Waals surface area (Å²) in [6.07, 6.45) is 4.41. The van der Waals surface area contributed by atoms with Crippen molar-refractivity contribution in [3.8, 4) is 5.88 Å². The van der Waals surface area contributed by atoms with Gasteiger partial charge in [-0.15, -0.1) is 0 Å². The molecule has 1 fully saturated rings. The Morgan fingerprint density at radius 1 is 1.26 bits per heavy atom. The van der Waals surface area contributed by atoms with Crippen LogP contribution in [-0.4, -0.2) is 26.0 Å². The van der Waals surface area contributed by atoms with Crippen LogP contribution in [0, 0.1) is 12.8 Å². The molecule has 120 valence electrons. The highest BCUT2D eigenvalue weighted by atomic mass is 35.5. The number of ether oxygens (including phenoxy) is 1. The van der Waals surface area contributed by atoms with Crippen LogP contribution in [0.25, 0.3) is 16.7 Å². The van der Waals surface area contributed by atoms with Gasteiger partial charge in [-0.05, 0) is 38.2 Å². The number of halogens is 1. The first-order valence-electron chi connectivity index (χ1n) is 8.14. The minimum Gasteiger partial charge on any atom is -0.477 e. The molecule has 0 bridgehead atoms. The zero-order valence-electron chi connectivity index (χ0n) is 13.3. The van der Waals surface area contributed by atoms with Gasteiger partial charge in [0.05, 0.1) is 12.3 Å². The molecule has 0 radical (unpaired) electrons. The Kier molecular flexibility index (Phi) is 3.60. The molecule has 0 amide bonds. The van der Waals surface area contributed by atoms with Gasteiger partial charge in [0, 0.05) is 12.5 Å². The summed E-state index contributed by atoms with van der Waals surface area (Å²) in [6, 6.07) is 3.78. The van der Waals surface area contributed by atoms with Gasteiger partial charge >= 0.3 is 0 Å². The molecule has 0 spiro atoms. The van der Waals surface area contributed by atoms with E-state index in [4.69, 9.17) is 16.3 Å².